The maximum absolute atomic E-state index is 12.2. The summed E-state index contributed by atoms with van der Waals surface area (Å²) in [5, 5.41) is 5.61. The van der Waals surface area contributed by atoms with Crippen LogP contribution >= 0.6 is 0 Å². The van der Waals surface area contributed by atoms with E-state index in [1.807, 2.05) is 18.2 Å². The minimum atomic E-state index is -0.397. The highest BCUT2D eigenvalue weighted by Gasteiger charge is 2.23. The van der Waals surface area contributed by atoms with Gasteiger partial charge in [-0.2, -0.15) is 0 Å². The molecule has 1 atom stereocenters. The van der Waals surface area contributed by atoms with Gasteiger partial charge in [0.2, 0.25) is 0 Å². The Morgan fingerprint density at radius 3 is 2.88 bits per heavy atom. The van der Waals surface area contributed by atoms with Gasteiger partial charge in [-0.05, 0) is 43.2 Å². The quantitative estimate of drug-likeness (QED) is 0.882. The molecule has 1 fully saturated rings. The summed E-state index contributed by atoms with van der Waals surface area (Å²) in [6.07, 6.45) is 2.92. The van der Waals surface area contributed by atoms with Crippen molar-refractivity contribution < 1.29 is 14.3 Å². The lowest BCUT2D eigenvalue weighted by Crippen LogP contribution is -2.27. The summed E-state index contributed by atoms with van der Waals surface area (Å²) in [7, 11) is 0. The lowest BCUT2D eigenvalue weighted by Gasteiger charge is -2.11. The highest BCUT2D eigenvalue weighted by molar-refractivity contribution is 5.98. The molecule has 6 heteroatoms. The molecule has 0 aliphatic carbocycles. The van der Waals surface area contributed by atoms with Crippen molar-refractivity contribution >= 4 is 17.5 Å². The molecule has 3 rings (SSSR count). The molecule has 1 aromatic carbocycles. The molecule has 1 aliphatic rings. The molecule has 0 spiro atoms. The second-order valence-corrected chi connectivity index (χ2v) is 5.58. The molecule has 1 aliphatic heterocycles. The molecular formula is C18H19N3O3. The molecule has 2 amide bonds. The molecule has 24 heavy (non-hydrogen) atoms. The zero-order valence-electron chi connectivity index (χ0n) is 13.2. The number of ether oxygens (including phenoxy) is 1. The third-order valence-electron chi connectivity index (χ3n) is 3.77. The largest absolute Gasteiger partial charge is 0.368 e. The summed E-state index contributed by atoms with van der Waals surface area (Å²) >= 11 is 0. The van der Waals surface area contributed by atoms with Gasteiger partial charge in [-0.3, -0.25) is 14.6 Å². The first-order valence-corrected chi connectivity index (χ1v) is 7.93. The number of amides is 2. The van der Waals surface area contributed by atoms with Crippen molar-refractivity contribution in [1.82, 2.24) is 10.3 Å². The van der Waals surface area contributed by atoms with Gasteiger partial charge in [0.1, 0.15) is 6.10 Å². The van der Waals surface area contributed by atoms with Crippen LogP contribution in [0.5, 0.6) is 0 Å². The molecule has 0 unspecified atom stereocenters. The van der Waals surface area contributed by atoms with Gasteiger partial charge in [0.15, 0.2) is 0 Å². The van der Waals surface area contributed by atoms with Crippen molar-refractivity contribution in [3.8, 4) is 0 Å². The van der Waals surface area contributed by atoms with E-state index < -0.39 is 6.10 Å². The van der Waals surface area contributed by atoms with Gasteiger partial charge in [-0.1, -0.05) is 12.1 Å². The van der Waals surface area contributed by atoms with Gasteiger partial charge in [0.25, 0.3) is 11.8 Å². The van der Waals surface area contributed by atoms with Crippen LogP contribution in [0, 0.1) is 0 Å². The van der Waals surface area contributed by atoms with Crippen LogP contribution in [0.2, 0.25) is 0 Å². The Kier molecular flexibility index (Phi) is 5.18. The van der Waals surface area contributed by atoms with Crippen molar-refractivity contribution in [3.05, 3.63) is 59.9 Å². The average Bonchev–Trinajstić information content (AvgIpc) is 3.15. The van der Waals surface area contributed by atoms with E-state index in [2.05, 4.69) is 15.6 Å². The van der Waals surface area contributed by atoms with E-state index >= 15 is 0 Å². The zero-order chi connectivity index (χ0) is 16.8. The lowest BCUT2D eigenvalue weighted by atomic mass is 10.1. The van der Waals surface area contributed by atoms with Crippen molar-refractivity contribution in [2.45, 2.75) is 25.5 Å². The number of nitrogens with one attached hydrogen (secondary N) is 2. The van der Waals surface area contributed by atoms with E-state index in [0.29, 0.717) is 24.4 Å². The Hall–Kier alpha value is -2.73. The highest BCUT2D eigenvalue weighted by atomic mass is 16.5. The number of rotatable bonds is 5. The Morgan fingerprint density at radius 2 is 2.12 bits per heavy atom. The number of hydrogen-bond acceptors (Lipinski definition) is 4. The number of nitrogens with zero attached hydrogens (tertiary/aromatic N) is 1. The number of carbonyl (C=O) groups excluding carboxylic acids is 2. The molecule has 1 aromatic heterocycles. The summed E-state index contributed by atoms with van der Waals surface area (Å²) in [4.78, 5) is 28.5. The normalized spacial score (nSPS) is 16.6. The molecular weight excluding hydrogens is 306 g/mol. The Morgan fingerprint density at radius 1 is 1.21 bits per heavy atom. The van der Waals surface area contributed by atoms with E-state index in [-0.39, 0.29) is 11.8 Å². The molecule has 124 valence electrons. The first-order valence-electron chi connectivity index (χ1n) is 7.93. The molecule has 2 heterocycles. The second-order valence-electron chi connectivity index (χ2n) is 5.58. The number of carbonyl (C=O) groups is 2. The van der Waals surface area contributed by atoms with Crippen LogP contribution in [-0.4, -0.2) is 29.5 Å². The minimum Gasteiger partial charge on any atom is -0.368 e. The van der Waals surface area contributed by atoms with Crippen molar-refractivity contribution in [2.24, 2.45) is 0 Å². The molecule has 0 bridgehead atoms. The number of anilines is 1. The van der Waals surface area contributed by atoms with Gasteiger partial charge in [-0.15, -0.1) is 0 Å². The molecule has 0 saturated carbocycles. The predicted molar refractivity (Wildman–Crippen MR) is 89.5 cm³/mol. The number of hydrogen-bond donors (Lipinski definition) is 2. The fourth-order valence-corrected chi connectivity index (χ4v) is 2.52. The van der Waals surface area contributed by atoms with E-state index in [0.717, 1.165) is 18.5 Å². The Balaban J connectivity index is 1.59. The summed E-state index contributed by atoms with van der Waals surface area (Å²) in [5.41, 5.74) is 1.85. The van der Waals surface area contributed by atoms with Gasteiger partial charge in [0.05, 0.1) is 12.2 Å². The van der Waals surface area contributed by atoms with Crippen molar-refractivity contribution in [1.29, 1.82) is 0 Å². The number of benzene rings is 1. The Bertz CT molecular complexity index is 712. The maximum Gasteiger partial charge on any atom is 0.253 e. The summed E-state index contributed by atoms with van der Waals surface area (Å²) in [5.74, 6) is -0.382. The summed E-state index contributed by atoms with van der Waals surface area (Å²) < 4.78 is 5.35. The molecule has 2 N–H and O–H groups in total. The van der Waals surface area contributed by atoms with Crippen LogP contribution in [0.25, 0.3) is 0 Å². The number of pyridine rings is 1. The standard InChI is InChI=1S/C18H19N3O3/c22-17(20-12-15-6-1-2-9-19-15)13-5-3-7-14(11-13)21-18(23)16-8-4-10-24-16/h1-3,5-7,9,11,16H,4,8,10,12H2,(H,20,22)(H,21,23)/t16-/m1/s1. The van der Waals surface area contributed by atoms with Crippen molar-refractivity contribution in [2.75, 3.05) is 11.9 Å². The third-order valence-corrected chi connectivity index (χ3v) is 3.77. The van der Waals surface area contributed by atoms with Crippen LogP contribution in [0.4, 0.5) is 5.69 Å². The fraction of sp³-hybridized carbons (Fsp3) is 0.278. The van der Waals surface area contributed by atoms with E-state index in [1.165, 1.54) is 0 Å². The number of aromatic nitrogens is 1. The summed E-state index contributed by atoms with van der Waals surface area (Å²) in [6, 6.07) is 12.4. The molecule has 6 nitrogen and oxygen atoms in total. The monoisotopic (exact) mass is 325 g/mol. The van der Waals surface area contributed by atoms with Crippen LogP contribution < -0.4 is 10.6 Å². The van der Waals surface area contributed by atoms with E-state index in [9.17, 15) is 9.59 Å². The average molecular weight is 325 g/mol. The van der Waals surface area contributed by atoms with Crippen LogP contribution in [0.3, 0.4) is 0 Å². The van der Waals surface area contributed by atoms with Crippen LogP contribution in [0.1, 0.15) is 28.9 Å². The summed E-state index contributed by atoms with van der Waals surface area (Å²) in [6.45, 7) is 0.972. The third kappa shape index (κ3) is 4.17. The van der Waals surface area contributed by atoms with Crippen LogP contribution in [-0.2, 0) is 16.1 Å². The van der Waals surface area contributed by atoms with Crippen LogP contribution in [0.15, 0.2) is 48.7 Å². The highest BCUT2D eigenvalue weighted by Crippen LogP contribution is 2.16. The molecule has 1 saturated heterocycles. The topological polar surface area (TPSA) is 80.3 Å². The second kappa shape index (κ2) is 7.70. The smallest absolute Gasteiger partial charge is 0.253 e. The Labute approximate surface area is 140 Å². The fourth-order valence-electron chi connectivity index (χ4n) is 2.52. The van der Waals surface area contributed by atoms with Gasteiger partial charge in [-0.25, -0.2) is 0 Å². The minimum absolute atomic E-state index is 0.168. The first-order chi connectivity index (χ1) is 11.7. The van der Waals surface area contributed by atoms with Gasteiger partial charge in [0, 0.05) is 24.1 Å². The molecule has 0 radical (unpaired) electrons. The van der Waals surface area contributed by atoms with Gasteiger partial charge >= 0.3 is 0 Å². The first kappa shape index (κ1) is 16.1. The zero-order valence-corrected chi connectivity index (χ0v) is 13.2. The maximum atomic E-state index is 12.2. The molecule has 2 aromatic rings. The van der Waals surface area contributed by atoms with E-state index in [4.69, 9.17) is 4.74 Å². The predicted octanol–water partition coefficient (Wildman–Crippen LogP) is 2.13. The van der Waals surface area contributed by atoms with Crippen molar-refractivity contribution in [3.63, 3.8) is 0 Å². The lowest BCUT2D eigenvalue weighted by molar-refractivity contribution is -0.124. The van der Waals surface area contributed by atoms with Gasteiger partial charge < -0.3 is 15.4 Å². The SMILES string of the molecule is O=C(NCc1ccccn1)c1cccc(NC(=O)[C@H]2CCCO2)c1. The van der Waals surface area contributed by atoms with E-state index in [1.54, 1.807) is 30.5 Å².